The van der Waals surface area contributed by atoms with E-state index in [4.69, 9.17) is 23.2 Å². The first-order valence-corrected chi connectivity index (χ1v) is 10.8. The van der Waals surface area contributed by atoms with E-state index in [0.717, 1.165) is 36.9 Å². The Bertz CT molecular complexity index is 993. The molecule has 1 aromatic carbocycles. The van der Waals surface area contributed by atoms with E-state index in [1.54, 1.807) is 24.5 Å². The predicted octanol–water partition coefficient (Wildman–Crippen LogP) is 5.63. The Labute approximate surface area is 177 Å². The third kappa shape index (κ3) is 4.09. The molecule has 1 saturated carbocycles. The van der Waals surface area contributed by atoms with E-state index in [0.29, 0.717) is 27.4 Å². The highest BCUT2D eigenvalue weighted by Crippen LogP contribution is 2.35. The molecule has 8 heteroatoms. The normalized spacial score (nSPS) is 17.5. The largest absolute Gasteiger partial charge is 0.298 e. The van der Waals surface area contributed by atoms with Crippen LogP contribution in [0.25, 0.3) is 17.1 Å². The summed E-state index contributed by atoms with van der Waals surface area (Å²) in [5.41, 5.74) is 1.68. The fourth-order valence-corrected chi connectivity index (χ4v) is 4.74. The van der Waals surface area contributed by atoms with Crippen LogP contribution in [0.1, 0.15) is 32.1 Å². The quantitative estimate of drug-likeness (QED) is 0.499. The highest BCUT2D eigenvalue weighted by Gasteiger charge is 2.26. The number of aromatic nitrogens is 4. The maximum Gasteiger partial charge on any atom is 0.196 e. The van der Waals surface area contributed by atoms with Gasteiger partial charge >= 0.3 is 0 Å². The first kappa shape index (κ1) is 19.4. The molecular weight excluding hydrogens is 415 g/mol. The molecule has 0 radical (unpaired) electrons. The van der Waals surface area contributed by atoms with Gasteiger partial charge in [0.25, 0.3) is 0 Å². The summed E-state index contributed by atoms with van der Waals surface area (Å²) in [6, 6.07) is 9.17. The molecular formula is C20H18Cl2N4OS. The number of Topliss-reactive ketones (excluding diaryl/α,β-unsaturated/α-hetero) is 1. The van der Waals surface area contributed by atoms with E-state index in [1.807, 2.05) is 22.8 Å². The molecule has 0 saturated heterocycles. The van der Waals surface area contributed by atoms with Crippen molar-refractivity contribution in [1.82, 2.24) is 19.7 Å². The summed E-state index contributed by atoms with van der Waals surface area (Å²) >= 11 is 13.8. The second kappa shape index (κ2) is 8.64. The molecule has 0 N–H and O–H groups in total. The summed E-state index contributed by atoms with van der Waals surface area (Å²) in [6.07, 6.45) is 8.05. The van der Waals surface area contributed by atoms with Crippen LogP contribution in [0.3, 0.4) is 0 Å². The molecule has 1 fully saturated rings. The number of pyridine rings is 1. The van der Waals surface area contributed by atoms with Crippen LogP contribution in [-0.2, 0) is 4.79 Å². The van der Waals surface area contributed by atoms with Gasteiger partial charge < -0.3 is 0 Å². The minimum absolute atomic E-state index is 0.0986. The van der Waals surface area contributed by atoms with Crippen molar-refractivity contribution in [1.29, 1.82) is 0 Å². The van der Waals surface area contributed by atoms with Gasteiger partial charge in [-0.3, -0.25) is 14.3 Å². The van der Waals surface area contributed by atoms with Crippen molar-refractivity contribution in [3.05, 3.63) is 52.8 Å². The van der Waals surface area contributed by atoms with Gasteiger partial charge in [-0.15, -0.1) is 10.2 Å². The van der Waals surface area contributed by atoms with Crippen LogP contribution in [0.5, 0.6) is 0 Å². The molecule has 0 unspecified atom stereocenters. The molecule has 0 spiro atoms. The molecule has 0 aliphatic heterocycles. The predicted molar refractivity (Wildman–Crippen MR) is 112 cm³/mol. The number of nitrogens with zero attached hydrogens (tertiary/aromatic N) is 4. The van der Waals surface area contributed by atoms with Crippen molar-refractivity contribution in [2.75, 3.05) is 0 Å². The van der Waals surface area contributed by atoms with Crippen LogP contribution in [0, 0.1) is 0 Å². The summed E-state index contributed by atoms with van der Waals surface area (Å²) in [5.74, 6) is 0.959. The number of carbonyl (C=O) groups excluding carboxylic acids is 1. The Balaban J connectivity index is 1.79. The highest BCUT2D eigenvalue weighted by atomic mass is 35.5. The molecule has 0 amide bonds. The topological polar surface area (TPSA) is 60.7 Å². The lowest BCUT2D eigenvalue weighted by molar-refractivity contribution is -0.118. The van der Waals surface area contributed by atoms with Crippen molar-refractivity contribution in [3.63, 3.8) is 0 Å². The van der Waals surface area contributed by atoms with Gasteiger partial charge in [-0.2, -0.15) is 0 Å². The van der Waals surface area contributed by atoms with E-state index in [-0.39, 0.29) is 11.0 Å². The Morgan fingerprint density at radius 1 is 1.00 bits per heavy atom. The maximum absolute atomic E-state index is 12.5. The fraction of sp³-hybridized carbons (Fsp3) is 0.300. The average Bonchev–Trinajstić information content (AvgIpc) is 3.02. The number of benzene rings is 1. The fourth-order valence-electron chi connectivity index (χ4n) is 3.27. The van der Waals surface area contributed by atoms with E-state index in [9.17, 15) is 4.79 Å². The molecule has 1 aliphatic rings. The Morgan fingerprint density at radius 3 is 2.61 bits per heavy atom. The molecule has 144 valence electrons. The van der Waals surface area contributed by atoms with Gasteiger partial charge in [0.2, 0.25) is 0 Å². The van der Waals surface area contributed by atoms with Gasteiger partial charge in [0.15, 0.2) is 11.0 Å². The second-order valence-electron chi connectivity index (χ2n) is 6.65. The first-order chi connectivity index (χ1) is 13.6. The number of carbonyl (C=O) groups is 1. The van der Waals surface area contributed by atoms with Crippen LogP contribution >= 0.6 is 35.0 Å². The van der Waals surface area contributed by atoms with E-state index in [2.05, 4.69) is 15.2 Å². The van der Waals surface area contributed by atoms with Crippen molar-refractivity contribution in [2.45, 2.75) is 42.5 Å². The van der Waals surface area contributed by atoms with Gasteiger partial charge in [-0.05, 0) is 43.2 Å². The standard InChI is InChI=1S/C20H18Cl2N4OS/c21-15-7-6-14(12-16(15)22)26-19(13-8-10-23-11-9-13)24-25-20(26)28-18-5-3-1-2-4-17(18)27/h6-12,18H,1-5H2/t18-/m0/s1. The number of halogens is 2. The molecule has 3 aromatic rings. The van der Waals surface area contributed by atoms with Crippen molar-refractivity contribution >= 4 is 40.7 Å². The molecule has 2 heterocycles. The Morgan fingerprint density at radius 2 is 1.82 bits per heavy atom. The Hall–Kier alpha value is -1.89. The van der Waals surface area contributed by atoms with Gasteiger partial charge in [0, 0.05) is 24.4 Å². The summed E-state index contributed by atoms with van der Waals surface area (Å²) in [6.45, 7) is 0. The average molecular weight is 433 g/mol. The molecule has 0 bridgehead atoms. The van der Waals surface area contributed by atoms with Crippen LogP contribution in [0.15, 0.2) is 47.9 Å². The van der Waals surface area contributed by atoms with Crippen molar-refractivity contribution in [2.24, 2.45) is 0 Å². The smallest absolute Gasteiger partial charge is 0.196 e. The van der Waals surface area contributed by atoms with Gasteiger partial charge in [0.05, 0.1) is 21.0 Å². The van der Waals surface area contributed by atoms with Gasteiger partial charge in [-0.1, -0.05) is 47.8 Å². The van der Waals surface area contributed by atoms with Gasteiger partial charge in [0.1, 0.15) is 5.78 Å². The zero-order chi connectivity index (χ0) is 19.5. The molecule has 5 nitrogen and oxygen atoms in total. The number of hydrogen-bond acceptors (Lipinski definition) is 5. The lowest BCUT2D eigenvalue weighted by Gasteiger charge is -2.15. The second-order valence-corrected chi connectivity index (χ2v) is 8.63. The lowest BCUT2D eigenvalue weighted by Crippen LogP contribution is -2.16. The minimum Gasteiger partial charge on any atom is -0.298 e. The third-order valence-electron chi connectivity index (χ3n) is 4.73. The monoisotopic (exact) mass is 432 g/mol. The van der Waals surface area contributed by atoms with E-state index >= 15 is 0 Å². The summed E-state index contributed by atoms with van der Waals surface area (Å²) in [4.78, 5) is 16.6. The first-order valence-electron chi connectivity index (χ1n) is 9.14. The molecule has 2 aromatic heterocycles. The summed E-state index contributed by atoms with van der Waals surface area (Å²) < 4.78 is 1.93. The summed E-state index contributed by atoms with van der Waals surface area (Å²) in [5, 5.41) is 10.3. The van der Waals surface area contributed by atoms with Crippen LogP contribution < -0.4 is 0 Å². The van der Waals surface area contributed by atoms with Crippen LogP contribution in [0.4, 0.5) is 0 Å². The molecule has 1 atom stereocenters. The number of thioether (sulfide) groups is 1. The zero-order valence-electron chi connectivity index (χ0n) is 15.0. The van der Waals surface area contributed by atoms with Gasteiger partial charge in [-0.25, -0.2) is 0 Å². The van der Waals surface area contributed by atoms with E-state index < -0.39 is 0 Å². The highest BCUT2D eigenvalue weighted by molar-refractivity contribution is 8.00. The molecule has 28 heavy (non-hydrogen) atoms. The lowest BCUT2D eigenvalue weighted by atomic mass is 10.2. The Kier molecular flexibility index (Phi) is 5.99. The zero-order valence-corrected chi connectivity index (χ0v) is 17.3. The number of rotatable bonds is 4. The SMILES string of the molecule is O=C1CCCCC[C@@H]1Sc1nnc(-c2ccncc2)n1-c1ccc(Cl)c(Cl)c1. The summed E-state index contributed by atoms with van der Waals surface area (Å²) in [7, 11) is 0. The molecule has 4 rings (SSSR count). The molecule has 1 aliphatic carbocycles. The van der Waals surface area contributed by atoms with Crippen LogP contribution in [-0.4, -0.2) is 30.8 Å². The van der Waals surface area contributed by atoms with Crippen molar-refractivity contribution < 1.29 is 4.79 Å². The maximum atomic E-state index is 12.5. The minimum atomic E-state index is -0.0986. The van der Waals surface area contributed by atoms with Crippen LogP contribution in [0.2, 0.25) is 10.0 Å². The number of ketones is 1. The van der Waals surface area contributed by atoms with Crippen molar-refractivity contribution in [3.8, 4) is 17.1 Å². The van der Waals surface area contributed by atoms with E-state index in [1.165, 1.54) is 11.8 Å². The number of hydrogen-bond donors (Lipinski definition) is 0. The third-order valence-corrected chi connectivity index (χ3v) is 6.73.